The molecule has 0 N–H and O–H groups in total. The van der Waals surface area contributed by atoms with Crippen molar-refractivity contribution in [2.24, 2.45) is 0 Å². The summed E-state index contributed by atoms with van der Waals surface area (Å²) in [5, 5.41) is 0. The first-order chi connectivity index (χ1) is 9.10. The van der Waals surface area contributed by atoms with E-state index in [9.17, 15) is 4.79 Å². The van der Waals surface area contributed by atoms with Crippen LogP contribution in [0.5, 0.6) is 0 Å². The highest BCUT2D eigenvalue weighted by Crippen LogP contribution is 2.22. The van der Waals surface area contributed by atoms with Crippen LogP contribution in [-0.4, -0.2) is 29.3 Å². The Kier molecular flexibility index (Phi) is 4.87. The molecule has 1 atom stereocenters. The first-order valence-corrected chi connectivity index (χ1v) is 7.56. The number of rotatable bonds is 3. The van der Waals surface area contributed by atoms with Crippen LogP contribution in [0.4, 0.5) is 0 Å². The third-order valence-electron chi connectivity index (χ3n) is 3.81. The Hall–Kier alpha value is -1.02. The fourth-order valence-corrected chi connectivity index (χ4v) is 3.23. The number of aryl methyl sites for hydroxylation is 2. The Labute approximate surface area is 120 Å². The Balaban J connectivity index is 2.12. The van der Waals surface area contributed by atoms with Gasteiger partial charge >= 0.3 is 0 Å². The number of carbonyl (C=O) groups excluding carboxylic acids is 1. The molecule has 0 saturated carbocycles. The highest BCUT2D eigenvalue weighted by Gasteiger charge is 2.26. The van der Waals surface area contributed by atoms with Gasteiger partial charge in [-0.25, -0.2) is 0 Å². The number of nitrogens with zero attached hydrogens (tertiary/aromatic N) is 1. The van der Waals surface area contributed by atoms with Crippen LogP contribution in [0.25, 0.3) is 0 Å². The number of carbonyl (C=O) groups is 1. The molecule has 0 radical (unpaired) electrons. The number of hydrogen-bond donors (Lipinski definition) is 0. The molecule has 1 aromatic carbocycles. The minimum atomic E-state index is 0.0794. The molecule has 0 aliphatic carbocycles. The highest BCUT2D eigenvalue weighted by molar-refractivity contribution is 6.27. The number of likely N-dealkylation sites (tertiary alicyclic amines) is 1. The molecule has 0 bridgehead atoms. The molecule has 2 rings (SSSR count). The summed E-state index contributed by atoms with van der Waals surface area (Å²) < 4.78 is 0. The topological polar surface area (TPSA) is 20.3 Å². The van der Waals surface area contributed by atoms with Crippen molar-refractivity contribution < 1.29 is 4.79 Å². The quantitative estimate of drug-likeness (QED) is 0.776. The Bertz CT molecular complexity index is 438. The van der Waals surface area contributed by atoms with E-state index in [0.29, 0.717) is 6.04 Å². The molecule has 3 heteroatoms. The summed E-state index contributed by atoms with van der Waals surface area (Å²) in [6.45, 7) is 5.11. The van der Waals surface area contributed by atoms with Gasteiger partial charge in [0.25, 0.3) is 0 Å². The van der Waals surface area contributed by atoms with Gasteiger partial charge in [0.05, 0.1) is 0 Å². The van der Waals surface area contributed by atoms with Crippen molar-refractivity contribution in [3.8, 4) is 0 Å². The second-order valence-corrected chi connectivity index (χ2v) is 5.84. The van der Waals surface area contributed by atoms with Gasteiger partial charge in [0.15, 0.2) is 0 Å². The maximum atomic E-state index is 11.9. The van der Waals surface area contributed by atoms with Crippen molar-refractivity contribution in [1.82, 2.24) is 4.90 Å². The zero-order chi connectivity index (χ0) is 13.8. The fourth-order valence-electron chi connectivity index (χ4n) is 3.08. The minimum Gasteiger partial charge on any atom is -0.338 e. The maximum absolute atomic E-state index is 11.9. The molecule has 1 aliphatic heterocycles. The van der Waals surface area contributed by atoms with Crippen LogP contribution >= 0.6 is 11.6 Å². The Morgan fingerprint density at radius 3 is 2.58 bits per heavy atom. The first-order valence-electron chi connectivity index (χ1n) is 7.03. The number of amides is 1. The van der Waals surface area contributed by atoms with Crippen LogP contribution in [-0.2, 0) is 11.2 Å². The predicted octanol–water partition coefficient (Wildman–Crippen LogP) is 3.47. The second-order valence-electron chi connectivity index (χ2n) is 5.57. The summed E-state index contributed by atoms with van der Waals surface area (Å²) in [6.07, 6.45) is 4.36. The smallest absolute Gasteiger partial charge is 0.237 e. The van der Waals surface area contributed by atoms with Gasteiger partial charge in [-0.1, -0.05) is 29.3 Å². The average Bonchev–Trinajstić information content (AvgIpc) is 2.37. The maximum Gasteiger partial charge on any atom is 0.237 e. The van der Waals surface area contributed by atoms with Gasteiger partial charge in [0.2, 0.25) is 5.91 Å². The molecule has 1 saturated heterocycles. The van der Waals surface area contributed by atoms with E-state index in [2.05, 4.69) is 32.0 Å². The van der Waals surface area contributed by atoms with Crippen LogP contribution in [0.2, 0.25) is 0 Å². The monoisotopic (exact) mass is 279 g/mol. The van der Waals surface area contributed by atoms with Crippen molar-refractivity contribution >= 4 is 17.5 Å². The summed E-state index contributed by atoms with van der Waals surface area (Å²) in [5.41, 5.74) is 3.92. The molecule has 1 fully saturated rings. The molecule has 19 heavy (non-hydrogen) atoms. The number of hydrogen-bond acceptors (Lipinski definition) is 1. The van der Waals surface area contributed by atoms with Gasteiger partial charge in [-0.15, -0.1) is 11.6 Å². The number of halogens is 1. The largest absolute Gasteiger partial charge is 0.338 e. The van der Waals surface area contributed by atoms with Crippen LogP contribution in [0.15, 0.2) is 18.2 Å². The van der Waals surface area contributed by atoms with Gasteiger partial charge in [-0.2, -0.15) is 0 Å². The lowest BCUT2D eigenvalue weighted by Gasteiger charge is -2.35. The van der Waals surface area contributed by atoms with Crippen molar-refractivity contribution in [3.63, 3.8) is 0 Å². The molecular weight excluding hydrogens is 258 g/mol. The molecule has 104 valence electrons. The first kappa shape index (κ1) is 14.4. The van der Waals surface area contributed by atoms with Crippen LogP contribution in [0.3, 0.4) is 0 Å². The van der Waals surface area contributed by atoms with Gasteiger partial charge in [0.1, 0.15) is 5.88 Å². The van der Waals surface area contributed by atoms with Crippen LogP contribution in [0.1, 0.15) is 36.0 Å². The molecule has 1 heterocycles. The van der Waals surface area contributed by atoms with E-state index in [1.165, 1.54) is 23.1 Å². The lowest BCUT2D eigenvalue weighted by molar-refractivity contribution is -0.132. The van der Waals surface area contributed by atoms with Crippen molar-refractivity contribution in [3.05, 3.63) is 34.9 Å². The van der Waals surface area contributed by atoms with Gasteiger partial charge in [-0.05, 0) is 45.1 Å². The average molecular weight is 280 g/mol. The predicted molar refractivity (Wildman–Crippen MR) is 79.7 cm³/mol. The highest BCUT2D eigenvalue weighted by atomic mass is 35.5. The molecule has 2 nitrogen and oxygen atoms in total. The van der Waals surface area contributed by atoms with E-state index in [4.69, 9.17) is 11.6 Å². The molecule has 0 spiro atoms. The van der Waals surface area contributed by atoms with Crippen LogP contribution in [0, 0.1) is 13.8 Å². The summed E-state index contributed by atoms with van der Waals surface area (Å²) >= 11 is 5.71. The Morgan fingerprint density at radius 1 is 1.26 bits per heavy atom. The Morgan fingerprint density at radius 2 is 1.95 bits per heavy atom. The number of alkyl halides is 1. The van der Waals surface area contributed by atoms with E-state index in [1.807, 2.05) is 4.90 Å². The summed E-state index contributed by atoms with van der Waals surface area (Å²) in [4.78, 5) is 13.9. The lowest BCUT2D eigenvalue weighted by Crippen LogP contribution is -2.45. The third kappa shape index (κ3) is 3.73. The van der Waals surface area contributed by atoms with Crippen molar-refractivity contribution in [2.75, 3.05) is 12.4 Å². The SMILES string of the molecule is Cc1cc(C)cc(CC2CCCCN2C(=O)CCl)c1. The van der Waals surface area contributed by atoms with E-state index in [0.717, 1.165) is 25.8 Å². The molecule has 1 amide bonds. The normalized spacial score (nSPS) is 19.5. The van der Waals surface area contributed by atoms with Gasteiger partial charge < -0.3 is 4.90 Å². The van der Waals surface area contributed by atoms with Crippen LogP contribution < -0.4 is 0 Å². The van der Waals surface area contributed by atoms with E-state index in [1.54, 1.807) is 0 Å². The zero-order valence-corrected chi connectivity index (χ0v) is 12.5. The van der Waals surface area contributed by atoms with E-state index >= 15 is 0 Å². The second kappa shape index (κ2) is 6.42. The van der Waals surface area contributed by atoms with E-state index < -0.39 is 0 Å². The van der Waals surface area contributed by atoms with E-state index in [-0.39, 0.29) is 11.8 Å². The zero-order valence-electron chi connectivity index (χ0n) is 11.8. The molecule has 1 aliphatic rings. The summed E-state index contributed by atoms with van der Waals surface area (Å²) in [6, 6.07) is 6.96. The molecular formula is C16H22ClNO. The molecule has 0 aromatic heterocycles. The van der Waals surface area contributed by atoms with Gasteiger partial charge in [-0.3, -0.25) is 4.79 Å². The summed E-state index contributed by atoms with van der Waals surface area (Å²) in [7, 11) is 0. The van der Waals surface area contributed by atoms with Crippen molar-refractivity contribution in [1.29, 1.82) is 0 Å². The lowest BCUT2D eigenvalue weighted by atomic mass is 9.94. The number of benzene rings is 1. The minimum absolute atomic E-state index is 0.0794. The summed E-state index contributed by atoms with van der Waals surface area (Å²) in [5.74, 6) is 0.180. The standard InChI is InChI=1S/C16H22ClNO/c1-12-7-13(2)9-14(8-12)10-15-5-3-4-6-18(15)16(19)11-17/h7-9,15H,3-6,10-11H2,1-2H3. The fraction of sp³-hybridized carbons (Fsp3) is 0.562. The number of piperidine rings is 1. The van der Waals surface area contributed by atoms with Crippen molar-refractivity contribution in [2.45, 2.75) is 45.6 Å². The molecule has 1 aromatic rings. The van der Waals surface area contributed by atoms with Gasteiger partial charge in [0, 0.05) is 12.6 Å². The third-order valence-corrected chi connectivity index (χ3v) is 4.04. The molecule has 1 unspecified atom stereocenters.